The molecule has 0 bridgehead atoms. The van der Waals surface area contributed by atoms with Crippen molar-refractivity contribution in [3.63, 3.8) is 0 Å². The van der Waals surface area contributed by atoms with Gasteiger partial charge in [0.25, 0.3) is 0 Å². The number of rotatable bonds is 4. The Bertz CT molecular complexity index is 266. The largest absolute Gasteiger partial charge is 0.285 e. The maximum absolute atomic E-state index is 2.87. The quantitative estimate of drug-likeness (QED) is 0.703. The Balaban J connectivity index is 1.64. The van der Waals surface area contributed by atoms with Gasteiger partial charge in [-0.3, -0.25) is 9.80 Å². The van der Waals surface area contributed by atoms with Crippen molar-refractivity contribution < 1.29 is 0 Å². The van der Waals surface area contributed by atoms with E-state index in [1.165, 1.54) is 77.3 Å². The molecule has 0 saturated carbocycles. The zero-order chi connectivity index (χ0) is 12.4. The van der Waals surface area contributed by atoms with Gasteiger partial charge in [0.1, 0.15) is 0 Å². The zero-order valence-corrected chi connectivity index (χ0v) is 12.1. The van der Waals surface area contributed by atoms with E-state index in [-0.39, 0.29) is 0 Å². The third-order valence-corrected chi connectivity index (χ3v) is 5.47. The van der Waals surface area contributed by atoms with Crippen LogP contribution in [0.4, 0.5) is 0 Å². The lowest BCUT2D eigenvalue weighted by atomic mass is 9.89. The summed E-state index contributed by atoms with van der Waals surface area (Å²) in [6.45, 7) is 5.08. The van der Waals surface area contributed by atoms with Crippen LogP contribution in [-0.2, 0) is 0 Å². The lowest BCUT2D eigenvalue weighted by Gasteiger charge is -2.51. The summed E-state index contributed by atoms with van der Waals surface area (Å²) in [5, 5.41) is 0. The van der Waals surface area contributed by atoms with Gasteiger partial charge in [-0.15, -0.1) is 0 Å². The van der Waals surface area contributed by atoms with Crippen LogP contribution in [0.5, 0.6) is 0 Å². The number of hydrogen-bond donors (Lipinski definition) is 0. The van der Waals surface area contributed by atoms with E-state index in [0.717, 1.165) is 18.2 Å². The van der Waals surface area contributed by atoms with Gasteiger partial charge in [0.05, 0.1) is 6.17 Å². The molecule has 0 aromatic heterocycles. The molecule has 2 heteroatoms. The zero-order valence-electron chi connectivity index (χ0n) is 12.1. The molecule has 3 aliphatic rings. The number of fused-ring (bicyclic) bond motifs is 3. The Hall–Kier alpha value is -0.0800. The molecule has 3 rings (SSSR count). The molecule has 3 atom stereocenters. The first-order valence-electron chi connectivity index (χ1n) is 8.41. The van der Waals surface area contributed by atoms with Crippen molar-refractivity contribution in [3.05, 3.63) is 0 Å². The standard InChI is InChI=1S/C16H30N2/c1-2-3-4-8-14-13-15-9-5-6-11-17(15)16-10-7-12-18(14)16/h14-16H,2-13H2,1H3/t14-,15+,16?/m0/s1. The van der Waals surface area contributed by atoms with Crippen molar-refractivity contribution in [2.45, 2.75) is 89.4 Å². The fraction of sp³-hybridized carbons (Fsp3) is 1.00. The van der Waals surface area contributed by atoms with Crippen LogP contribution in [-0.4, -0.2) is 41.1 Å². The Morgan fingerprint density at radius 2 is 1.83 bits per heavy atom. The molecule has 2 nitrogen and oxygen atoms in total. The minimum atomic E-state index is 0.829. The van der Waals surface area contributed by atoms with E-state index < -0.39 is 0 Å². The van der Waals surface area contributed by atoms with Gasteiger partial charge in [0.15, 0.2) is 0 Å². The minimum absolute atomic E-state index is 0.829. The van der Waals surface area contributed by atoms with Crippen molar-refractivity contribution in [2.24, 2.45) is 0 Å². The molecule has 3 saturated heterocycles. The van der Waals surface area contributed by atoms with E-state index in [4.69, 9.17) is 0 Å². The summed E-state index contributed by atoms with van der Waals surface area (Å²) in [4.78, 5) is 5.74. The molecular weight excluding hydrogens is 220 g/mol. The molecule has 0 radical (unpaired) electrons. The number of piperidine rings is 1. The third-order valence-electron chi connectivity index (χ3n) is 5.47. The van der Waals surface area contributed by atoms with Crippen LogP contribution in [0.2, 0.25) is 0 Å². The SMILES string of the molecule is CCCCC[C@H]1C[C@H]2CCCCN2C2CCCN21. The highest BCUT2D eigenvalue weighted by Crippen LogP contribution is 2.38. The van der Waals surface area contributed by atoms with Gasteiger partial charge in [-0.25, -0.2) is 0 Å². The molecule has 3 fully saturated rings. The molecule has 0 amide bonds. The van der Waals surface area contributed by atoms with Gasteiger partial charge in [-0.2, -0.15) is 0 Å². The van der Waals surface area contributed by atoms with Crippen molar-refractivity contribution in [2.75, 3.05) is 13.1 Å². The van der Waals surface area contributed by atoms with Gasteiger partial charge in [0.2, 0.25) is 0 Å². The monoisotopic (exact) mass is 250 g/mol. The molecule has 0 N–H and O–H groups in total. The summed E-state index contributed by atoms with van der Waals surface area (Å²) in [6, 6.07) is 1.85. The molecule has 18 heavy (non-hydrogen) atoms. The van der Waals surface area contributed by atoms with E-state index in [2.05, 4.69) is 16.7 Å². The Labute approximate surface area is 113 Å². The summed E-state index contributed by atoms with van der Waals surface area (Å²) >= 11 is 0. The average Bonchev–Trinajstić information content (AvgIpc) is 2.89. The smallest absolute Gasteiger partial charge is 0.0627 e. The van der Waals surface area contributed by atoms with Gasteiger partial charge in [-0.1, -0.05) is 32.6 Å². The van der Waals surface area contributed by atoms with Gasteiger partial charge in [-0.05, 0) is 45.1 Å². The fourth-order valence-electron chi connectivity index (χ4n) is 4.58. The summed E-state index contributed by atoms with van der Waals surface area (Å²) in [6.07, 6.45) is 15.3. The number of hydrogen-bond acceptors (Lipinski definition) is 2. The van der Waals surface area contributed by atoms with Crippen LogP contribution in [0.3, 0.4) is 0 Å². The normalized spacial score (nSPS) is 37.5. The van der Waals surface area contributed by atoms with E-state index in [1.54, 1.807) is 0 Å². The lowest BCUT2D eigenvalue weighted by molar-refractivity contribution is -0.0611. The summed E-state index contributed by atoms with van der Waals surface area (Å²) < 4.78 is 0. The number of nitrogens with zero attached hydrogens (tertiary/aromatic N) is 2. The van der Waals surface area contributed by atoms with Crippen LogP contribution < -0.4 is 0 Å². The third kappa shape index (κ3) is 2.46. The highest BCUT2D eigenvalue weighted by atomic mass is 15.4. The van der Waals surface area contributed by atoms with Crippen LogP contribution in [0.25, 0.3) is 0 Å². The summed E-state index contributed by atoms with van der Waals surface area (Å²) in [7, 11) is 0. The molecule has 3 aliphatic heterocycles. The first kappa shape index (κ1) is 12.9. The van der Waals surface area contributed by atoms with Crippen LogP contribution >= 0.6 is 0 Å². The highest BCUT2D eigenvalue weighted by molar-refractivity contribution is 4.96. The second-order valence-corrected chi connectivity index (χ2v) is 6.63. The fourth-order valence-corrected chi connectivity index (χ4v) is 4.58. The highest BCUT2D eigenvalue weighted by Gasteiger charge is 2.43. The minimum Gasteiger partial charge on any atom is -0.285 e. The first-order valence-corrected chi connectivity index (χ1v) is 8.41. The Morgan fingerprint density at radius 3 is 2.72 bits per heavy atom. The Kier molecular flexibility index (Phi) is 4.25. The molecule has 1 unspecified atom stereocenters. The predicted octanol–water partition coefficient (Wildman–Crippen LogP) is 3.62. The van der Waals surface area contributed by atoms with Crippen LogP contribution in [0.1, 0.15) is 71.1 Å². The van der Waals surface area contributed by atoms with Crippen LogP contribution in [0, 0.1) is 0 Å². The molecule has 0 aromatic rings. The first-order chi connectivity index (χ1) is 8.90. The van der Waals surface area contributed by atoms with Crippen LogP contribution in [0.15, 0.2) is 0 Å². The van der Waals surface area contributed by atoms with Gasteiger partial charge < -0.3 is 0 Å². The Morgan fingerprint density at radius 1 is 0.944 bits per heavy atom. The average molecular weight is 250 g/mol. The maximum Gasteiger partial charge on any atom is 0.0627 e. The van der Waals surface area contributed by atoms with Crippen molar-refractivity contribution in [1.29, 1.82) is 0 Å². The van der Waals surface area contributed by atoms with Crippen molar-refractivity contribution in [1.82, 2.24) is 9.80 Å². The van der Waals surface area contributed by atoms with Crippen molar-refractivity contribution in [3.8, 4) is 0 Å². The maximum atomic E-state index is 2.87. The topological polar surface area (TPSA) is 6.48 Å². The van der Waals surface area contributed by atoms with Crippen molar-refractivity contribution >= 4 is 0 Å². The van der Waals surface area contributed by atoms with E-state index in [0.29, 0.717) is 0 Å². The lowest BCUT2D eigenvalue weighted by Crippen LogP contribution is -2.60. The molecule has 0 aliphatic carbocycles. The predicted molar refractivity (Wildman–Crippen MR) is 76.6 cm³/mol. The van der Waals surface area contributed by atoms with E-state index in [1.807, 2.05) is 0 Å². The van der Waals surface area contributed by atoms with Gasteiger partial charge >= 0.3 is 0 Å². The summed E-state index contributed by atoms with van der Waals surface area (Å²) in [5.41, 5.74) is 0. The molecular formula is C16H30N2. The van der Waals surface area contributed by atoms with Gasteiger partial charge in [0, 0.05) is 18.6 Å². The molecule has 0 spiro atoms. The van der Waals surface area contributed by atoms with E-state index in [9.17, 15) is 0 Å². The number of unbranched alkanes of at least 4 members (excludes halogenated alkanes) is 2. The second-order valence-electron chi connectivity index (χ2n) is 6.63. The van der Waals surface area contributed by atoms with E-state index >= 15 is 0 Å². The molecule has 104 valence electrons. The molecule has 3 heterocycles. The second kappa shape index (κ2) is 5.92. The molecule has 0 aromatic carbocycles. The summed E-state index contributed by atoms with van der Waals surface area (Å²) in [5.74, 6) is 0.